The van der Waals surface area contributed by atoms with Gasteiger partial charge in [0, 0.05) is 12.7 Å². The fourth-order valence-electron chi connectivity index (χ4n) is 2.45. The van der Waals surface area contributed by atoms with Crippen molar-refractivity contribution >= 4 is 5.91 Å². The topological polar surface area (TPSA) is 45.2 Å². The van der Waals surface area contributed by atoms with E-state index in [1.807, 2.05) is 17.9 Å². The van der Waals surface area contributed by atoms with Crippen molar-refractivity contribution in [2.45, 2.75) is 39.3 Å². The van der Waals surface area contributed by atoms with Crippen LogP contribution in [0.4, 0.5) is 0 Å². The molecule has 1 unspecified atom stereocenters. The van der Waals surface area contributed by atoms with Crippen molar-refractivity contribution in [2.75, 3.05) is 13.1 Å². The molecular weight excluding hydrogens is 226 g/mol. The third-order valence-electron chi connectivity index (χ3n) is 3.45. The van der Waals surface area contributed by atoms with Crippen LogP contribution in [0.5, 0.6) is 0 Å². The average molecular weight is 247 g/mol. The Morgan fingerprint density at radius 2 is 2.33 bits per heavy atom. The number of hydrogen-bond donors (Lipinski definition) is 1. The number of likely N-dealkylation sites (N-methyl/N-ethyl adjacent to an activating group) is 1. The molecule has 1 aromatic heterocycles. The Morgan fingerprint density at radius 1 is 1.50 bits per heavy atom. The number of aromatic nitrogens is 1. The number of aryl methyl sites for hydroxylation is 1. The lowest BCUT2D eigenvalue weighted by Gasteiger charge is -2.18. The summed E-state index contributed by atoms with van der Waals surface area (Å²) < 4.78 is 0. The van der Waals surface area contributed by atoms with Gasteiger partial charge in [-0.25, -0.2) is 0 Å². The zero-order chi connectivity index (χ0) is 13.0. The summed E-state index contributed by atoms with van der Waals surface area (Å²) in [6.07, 6.45) is 3.67. The van der Waals surface area contributed by atoms with Crippen molar-refractivity contribution in [3.63, 3.8) is 0 Å². The number of nitrogens with zero attached hydrogens (tertiary/aromatic N) is 2. The van der Waals surface area contributed by atoms with E-state index in [1.54, 1.807) is 6.20 Å². The van der Waals surface area contributed by atoms with Gasteiger partial charge in [-0.2, -0.15) is 0 Å². The van der Waals surface area contributed by atoms with Crippen LogP contribution in [0.2, 0.25) is 0 Å². The van der Waals surface area contributed by atoms with Crippen LogP contribution in [0.25, 0.3) is 0 Å². The van der Waals surface area contributed by atoms with Crippen molar-refractivity contribution in [3.8, 4) is 0 Å². The Morgan fingerprint density at radius 3 is 3.06 bits per heavy atom. The van der Waals surface area contributed by atoms with Gasteiger partial charge in [0.1, 0.15) is 0 Å². The molecule has 0 aromatic carbocycles. The van der Waals surface area contributed by atoms with Gasteiger partial charge in [0.2, 0.25) is 5.91 Å². The average Bonchev–Trinajstić information content (AvgIpc) is 2.73. The number of amides is 1. The predicted octanol–water partition coefficient (Wildman–Crippen LogP) is 1.35. The molecule has 0 saturated carbocycles. The van der Waals surface area contributed by atoms with Crippen molar-refractivity contribution in [3.05, 3.63) is 29.6 Å². The largest absolute Gasteiger partial charge is 0.335 e. The van der Waals surface area contributed by atoms with Crippen LogP contribution in [0, 0.1) is 0 Å². The minimum Gasteiger partial charge on any atom is -0.335 e. The highest BCUT2D eigenvalue weighted by atomic mass is 16.2. The molecule has 0 bridgehead atoms. The fourth-order valence-corrected chi connectivity index (χ4v) is 2.45. The zero-order valence-electron chi connectivity index (χ0n) is 11.1. The Hall–Kier alpha value is -1.42. The molecule has 1 aliphatic heterocycles. The highest BCUT2D eigenvalue weighted by Gasteiger charge is 2.31. The van der Waals surface area contributed by atoms with E-state index >= 15 is 0 Å². The first-order chi connectivity index (χ1) is 8.76. The predicted molar refractivity (Wildman–Crippen MR) is 71.1 cm³/mol. The van der Waals surface area contributed by atoms with E-state index in [4.69, 9.17) is 0 Å². The third-order valence-corrected chi connectivity index (χ3v) is 3.45. The van der Waals surface area contributed by atoms with Gasteiger partial charge in [0.25, 0.3) is 0 Å². The number of rotatable bonds is 5. The first-order valence-corrected chi connectivity index (χ1v) is 6.71. The molecule has 1 aromatic rings. The standard InChI is InChI=1S/C14H21N3O/c1-3-11-6-5-8-16-13(11)10-17-9-7-12(14(17)18)15-4-2/h5-6,8,12,15H,3-4,7,9-10H2,1-2H3. The summed E-state index contributed by atoms with van der Waals surface area (Å²) in [6.45, 7) is 6.46. The maximum absolute atomic E-state index is 12.1. The molecule has 0 radical (unpaired) electrons. The molecule has 2 heterocycles. The van der Waals surface area contributed by atoms with Crippen LogP contribution in [0.3, 0.4) is 0 Å². The first kappa shape index (κ1) is 13.0. The van der Waals surface area contributed by atoms with E-state index in [0.29, 0.717) is 6.54 Å². The van der Waals surface area contributed by atoms with Crippen LogP contribution >= 0.6 is 0 Å². The molecule has 18 heavy (non-hydrogen) atoms. The Balaban J connectivity index is 2.04. The highest BCUT2D eigenvalue weighted by Crippen LogP contribution is 2.16. The third kappa shape index (κ3) is 2.70. The molecule has 2 rings (SSSR count). The van der Waals surface area contributed by atoms with Gasteiger partial charge in [-0.05, 0) is 31.0 Å². The maximum atomic E-state index is 12.1. The van der Waals surface area contributed by atoms with Gasteiger partial charge >= 0.3 is 0 Å². The number of nitrogens with one attached hydrogen (secondary N) is 1. The van der Waals surface area contributed by atoms with Gasteiger partial charge < -0.3 is 10.2 Å². The van der Waals surface area contributed by atoms with Crippen molar-refractivity contribution < 1.29 is 4.79 Å². The number of hydrogen-bond acceptors (Lipinski definition) is 3. The van der Waals surface area contributed by atoms with E-state index in [2.05, 4.69) is 23.3 Å². The Labute approximate surface area is 108 Å². The molecule has 0 spiro atoms. The minimum absolute atomic E-state index is 0.00351. The lowest BCUT2D eigenvalue weighted by atomic mass is 10.1. The van der Waals surface area contributed by atoms with Crippen LogP contribution in [0.1, 0.15) is 31.5 Å². The minimum atomic E-state index is 0.00351. The smallest absolute Gasteiger partial charge is 0.240 e. The van der Waals surface area contributed by atoms with Crippen LogP contribution < -0.4 is 5.32 Å². The van der Waals surface area contributed by atoms with Crippen LogP contribution in [-0.2, 0) is 17.8 Å². The summed E-state index contributed by atoms with van der Waals surface area (Å²) in [5, 5.41) is 3.23. The molecule has 1 saturated heterocycles. The summed E-state index contributed by atoms with van der Waals surface area (Å²) in [7, 11) is 0. The van der Waals surface area contributed by atoms with Crippen molar-refractivity contribution in [1.29, 1.82) is 0 Å². The van der Waals surface area contributed by atoms with Gasteiger partial charge in [0.15, 0.2) is 0 Å². The van der Waals surface area contributed by atoms with Crippen LogP contribution in [0.15, 0.2) is 18.3 Å². The van der Waals surface area contributed by atoms with E-state index < -0.39 is 0 Å². The number of likely N-dealkylation sites (tertiary alicyclic amines) is 1. The molecular formula is C14H21N3O. The maximum Gasteiger partial charge on any atom is 0.240 e. The lowest BCUT2D eigenvalue weighted by molar-refractivity contribution is -0.129. The molecule has 0 aliphatic carbocycles. The molecule has 4 nitrogen and oxygen atoms in total. The molecule has 4 heteroatoms. The molecule has 1 aliphatic rings. The second-order valence-electron chi connectivity index (χ2n) is 4.62. The monoisotopic (exact) mass is 247 g/mol. The SMILES string of the molecule is CCNC1CCN(Cc2ncccc2CC)C1=O. The second kappa shape index (κ2) is 5.96. The summed E-state index contributed by atoms with van der Waals surface area (Å²) in [6, 6.07) is 4.05. The zero-order valence-corrected chi connectivity index (χ0v) is 11.1. The fraction of sp³-hybridized carbons (Fsp3) is 0.571. The van der Waals surface area contributed by atoms with Gasteiger partial charge in [-0.15, -0.1) is 0 Å². The molecule has 1 atom stereocenters. The molecule has 98 valence electrons. The lowest BCUT2D eigenvalue weighted by Crippen LogP contribution is -2.38. The van der Waals surface area contributed by atoms with Gasteiger partial charge in [0.05, 0.1) is 18.3 Å². The molecule has 1 amide bonds. The number of pyridine rings is 1. The summed E-state index contributed by atoms with van der Waals surface area (Å²) >= 11 is 0. The van der Waals surface area contributed by atoms with E-state index in [-0.39, 0.29) is 11.9 Å². The number of carbonyl (C=O) groups is 1. The summed E-state index contributed by atoms with van der Waals surface area (Å²) in [4.78, 5) is 18.5. The normalized spacial score (nSPS) is 19.6. The van der Waals surface area contributed by atoms with Crippen LogP contribution in [-0.4, -0.2) is 34.9 Å². The Kier molecular flexibility index (Phi) is 4.31. The molecule has 1 fully saturated rings. The van der Waals surface area contributed by atoms with Gasteiger partial charge in [-0.1, -0.05) is 19.9 Å². The quantitative estimate of drug-likeness (QED) is 0.854. The summed E-state index contributed by atoms with van der Waals surface area (Å²) in [5.74, 6) is 0.213. The van der Waals surface area contributed by atoms with E-state index in [0.717, 1.165) is 31.6 Å². The van der Waals surface area contributed by atoms with E-state index in [9.17, 15) is 4.79 Å². The number of carbonyl (C=O) groups excluding carboxylic acids is 1. The van der Waals surface area contributed by atoms with Gasteiger partial charge in [-0.3, -0.25) is 9.78 Å². The van der Waals surface area contributed by atoms with Crippen molar-refractivity contribution in [2.24, 2.45) is 0 Å². The second-order valence-corrected chi connectivity index (χ2v) is 4.62. The highest BCUT2D eigenvalue weighted by molar-refractivity contribution is 5.83. The first-order valence-electron chi connectivity index (χ1n) is 6.71. The Bertz CT molecular complexity index is 419. The molecule has 1 N–H and O–H groups in total. The van der Waals surface area contributed by atoms with E-state index in [1.165, 1.54) is 5.56 Å². The summed E-state index contributed by atoms with van der Waals surface area (Å²) in [5.41, 5.74) is 2.27. The van der Waals surface area contributed by atoms with Crippen molar-refractivity contribution in [1.82, 2.24) is 15.2 Å².